The molecule has 1 aromatic carbocycles. The van der Waals surface area contributed by atoms with Crippen molar-refractivity contribution in [2.45, 2.75) is 32.0 Å². The van der Waals surface area contributed by atoms with Gasteiger partial charge in [-0.15, -0.1) is 0 Å². The fourth-order valence-corrected chi connectivity index (χ4v) is 2.88. The van der Waals surface area contributed by atoms with Crippen LogP contribution in [0.25, 0.3) is 10.9 Å². The maximum absolute atomic E-state index is 12.5. The molecule has 0 bridgehead atoms. The number of nitrogens with zero attached hydrogens (tertiary/aromatic N) is 3. The summed E-state index contributed by atoms with van der Waals surface area (Å²) < 4.78 is 1.72. The number of aromatic nitrogens is 2. The third kappa shape index (κ3) is 3.02. The van der Waals surface area contributed by atoms with E-state index in [-0.39, 0.29) is 11.5 Å². The minimum Gasteiger partial charge on any atom is -0.287 e. The second-order valence-electron chi connectivity index (χ2n) is 4.71. The molecule has 0 N–H and O–H groups in total. The molecule has 0 spiro atoms. The number of benzene rings is 1. The molecule has 0 radical (unpaired) electrons. The average molecular weight is 287 g/mol. The van der Waals surface area contributed by atoms with E-state index in [4.69, 9.17) is 5.26 Å². The van der Waals surface area contributed by atoms with Gasteiger partial charge in [0.2, 0.25) is 0 Å². The van der Waals surface area contributed by atoms with Gasteiger partial charge >= 0.3 is 0 Å². The Bertz CT molecular complexity index is 702. The Kier molecular flexibility index (Phi) is 4.80. The zero-order valence-corrected chi connectivity index (χ0v) is 12.5. The van der Waals surface area contributed by atoms with Gasteiger partial charge in [0.1, 0.15) is 0 Å². The number of hydrogen-bond acceptors (Lipinski definition) is 4. The van der Waals surface area contributed by atoms with Crippen LogP contribution in [0.15, 0.2) is 34.2 Å². The van der Waals surface area contributed by atoms with Gasteiger partial charge in [-0.1, -0.05) is 30.8 Å². The zero-order valence-electron chi connectivity index (χ0n) is 11.7. The number of nitriles is 1. The molecule has 0 fully saturated rings. The molecule has 0 unspecified atom stereocenters. The van der Waals surface area contributed by atoms with E-state index >= 15 is 0 Å². The van der Waals surface area contributed by atoms with E-state index < -0.39 is 0 Å². The topological polar surface area (TPSA) is 58.7 Å². The summed E-state index contributed by atoms with van der Waals surface area (Å²) in [7, 11) is 0. The Hall–Kier alpha value is -1.80. The van der Waals surface area contributed by atoms with Crippen molar-refractivity contribution >= 4 is 22.7 Å². The van der Waals surface area contributed by atoms with Gasteiger partial charge in [0.25, 0.3) is 5.56 Å². The van der Waals surface area contributed by atoms with Gasteiger partial charge in [-0.25, -0.2) is 4.98 Å². The molecule has 0 amide bonds. The SMILES string of the molecule is CCCn1c(SC[C@@H](C)C#N)nc2ccccc2c1=O. The fourth-order valence-electron chi connectivity index (χ4n) is 1.92. The summed E-state index contributed by atoms with van der Waals surface area (Å²) in [4.78, 5) is 17.1. The smallest absolute Gasteiger partial charge is 0.262 e. The first-order chi connectivity index (χ1) is 9.67. The van der Waals surface area contributed by atoms with Crippen molar-refractivity contribution in [2.75, 3.05) is 5.75 Å². The summed E-state index contributed by atoms with van der Waals surface area (Å²) >= 11 is 1.48. The van der Waals surface area contributed by atoms with Crippen LogP contribution in [0.3, 0.4) is 0 Å². The standard InChI is InChI=1S/C15H17N3OS/c1-3-8-18-14(19)12-6-4-5-7-13(12)17-15(18)20-10-11(2)9-16/h4-7,11H,3,8,10H2,1-2H3/t11-/m0/s1. The van der Waals surface area contributed by atoms with E-state index in [1.165, 1.54) is 11.8 Å². The molecule has 0 aliphatic carbocycles. The van der Waals surface area contributed by atoms with Gasteiger partial charge in [0, 0.05) is 12.3 Å². The Morgan fingerprint density at radius 1 is 1.45 bits per heavy atom. The van der Waals surface area contributed by atoms with Gasteiger partial charge in [0.15, 0.2) is 5.16 Å². The van der Waals surface area contributed by atoms with Crippen LogP contribution >= 0.6 is 11.8 Å². The van der Waals surface area contributed by atoms with Crippen molar-refractivity contribution in [3.63, 3.8) is 0 Å². The highest BCUT2D eigenvalue weighted by Gasteiger charge is 2.12. The van der Waals surface area contributed by atoms with Crippen molar-refractivity contribution in [3.05, 3.63) is 34.6 Å². The van der Waals surface area contributed by atoms with E-state index in [0.29, 0.717) is 22.8 Å². The quantitative estimate of drug-likeness (QED) is 0.626. The zero-order chi connectivity index (χ0) is 14.5. The largest absolute Gasteiger partial charge is 0.287 e. The Labute approximate surface area is 122 Å². The van der Waals surface area contributed by atoms with Crippen molar-refractivity contribution in [1.82, 2.24) is 9.55 Å². The van der Waals surface area contributed by atoms with Crippen LogP contribution in [-0.2, 0) is 6.54 Å². The molecule has 5 heteroatoms. The maximum atomic E-state index is 12.5. The van der Waals surface area contributed by atoms with Gasteiger partial charge < -0.3 is 0 Å². The summed E-state index contributed by atoms with van der Waals surface area (Å²) in [5.41, 5.74) is 0.724. The third-order valence-corrected chi connectivity index (χ3v) is 4.19. The lowest BCUT2D eigenvalue weighted by molar-refractivity contribution is 0.584. The average Bonchev–Trinajstić information content (AvgIpc) is 2.48. The predicted molar refractivity (Wildman–Crippen MR) is 81.8 cm³/mol. The van der Waals surface area contributed by atoms with Gasteiger partial charge in [-0.05, 0) is 25.5 Å². The minimum atomic E-state index is -0.0570. The van der Waals surface area contributed by atoms with E-state index in [9.17, 15) is 4.79 Å². The molecule has 104 valence electrons. The second kappa shape index (κ2) is 6.58. The van der Waals surface area contributed by atoms with Crippen molar-refractivity contribution in [3.8, 4) is 6.07 Å². The van der Waals surface area contributed by atoms with Crippen LogP contribution in [0.1, 0.15) is 20.3 Å². The van der Waals surface area contributed by atoms with Gasteiger partial charge in [-0.3, -0.25) is 9.36 Å². The second-order valence-corrected chi connectivity index (χ2v) is 5.70. The minimum absolute atomic E-state index is 0.00422. The predicted octanol–water partition coefficient (Wildman–Crippen LogP) is 3.06. The highest BCUT2D eigenvalue weighted by atomic mass is 32.2. The van der Waals surface area contributed by atoms with Gasteiger partial charge in [-0.2, -0.15) is 5.26 Å². The number of fused-ring (bicyclic) bond motifs is 1. The van der Waals surface area contributed by atoms with Crippen LogP contribution in [0.2, 0.25) is 0 Å². The van der Waals surface area contributed by atoms with Crippen molar-refractivity contribution < 1.29 is 0 Å². The van der Waals surface area contributed by atoms with Gasteiger partial charge in [0.05, 0.1) is 22.9 Å². The molecule has 2 rings (SSSR count). The van der Waals surface area contributed by atoms with Crippen LogP contribution < -0.4 is 5.56 Å². The number of para-hydroxylation sites is 1. The summed E-state index contributed by atoms with van der Waals surface area (Å²) in [6.07, 6.45) is 0.876. The molecular formula is C15H17N3OS. The lowest BCUT2D eigenvalue weighted by Gasteiger charge is -2.12. The maximum Gasteiger partial charge on any atom is 0.262 e. The van der Waals surface area contributed by atoms with Crippen molar-refractivity contribution in [1.29, 1.82) is 5.26 Å². The molecule has 0 saturated heterocycles. The van der Waals surface area contributed by atoms with Crippen LogP contribution in [0.5, 0.6) is 0 Å². The molecule has 1 heterocycles. The third-order valence-electron chi connectivity index (χ3n) is 2.96. The molecule has 2 aromatic rings. The summed E-state index contributed by atoms with van der Waals surface area (Å²) in [6.45, 7) is 4.56. The normalized spacial score (nSPS) is 12.2. The number of hydrogen-bond donors (Lipinski definition) is 0. The molecule has 20 heavy (non-hydrogen) atoms. The van der Waals surface area contributed by atoms with Crippen LogP contribution in [0.4, 0.5) is 0 Å². The highest BCUT2D eigenvalue weighted by Crippen LogP contribution is 2.20. The molecular weight excluding hydrogens is 270 g/mol. The first kappa shape index (κ1) is 14.6. The number of rotatable bonds is 5. The molecule has 1 atom stereocenters. The van der Waals surface area contributed by atoms with E-state index in [1.807, 2.05) is 38.1 Å². The van der Waals surface area contributed by atoms with E-state index in [2.05, 4.69) is 11.1 Å². The first-order valence-corrected chi connectivity index (χ1v) is 7.68. The monoisotopic (exact) mass is 287 g/mol. The summed E-state index contributed by atoms with van der Waals surface area (Å²) in [5, 5.41) is 10.2. The van der Waals surface area contributed by atoms with Crippen molar-refractivity contribution in [2.24, 2.45) is 5.92 Å². The summed E-state index contributed by atoms with van der Waals surface area (Å²) in [5.74, 6) is 0.587. The van der Waals surface area contributed by atoms with E-state index in [0.717, 1.165) is 11.9 Å². The van der Waals surface area contributed by atoms with Crippen LogP contribution in [0, 0.1) is 17.2 Å². The highest BCUT2D eigenvalue weighted by molar-refractivity contribution is 7.99. The first-order valence-electron chi connectivity index (χ1n) is 6.69. The lowest BCUT2D eigenvalue weighted by atomic mass is 10.2. The van der Waals surface area contributed by atoms with Crippen LogP contribution in [-0.4, -0.2) is 15.3 Å². The van der Waals surface area contributed by atoms with E-state index in [1.54, 1.807) is 4.57 Å². The molecule has 1 aromatic heterocycles. The Morgan fingerprint density at radius 2 is 2.20 bits per heavy atom. The molecule has 0 aliphatic rings. The lowest BCUT2D eigenvalue weighted by Crippen LogP contribution is -2.23. The molecule has 0 aliphatic heterocycles. The summed E-state index contributed by atoms with van der Waals surface area (Å²) in [6, 6.07) is 9.60. The number of thioether (sulfide) groups is 1. The Morgan fingerprint density at radius 3 is 2.90 bits per heavy atom. The Balaban J connectivity index is 2.48. The fraction of sp³-hybridized carbons (Fsp3) is 0.400. The molecule has 4 nitrogen and oxygen atoms in total. The molecule has 0 saturated carbocycles.